The van der Waals surface area contributed by atoms with E-state index in [0.717, 1.165) is 5.56 Å². The van der Waals surface area contributed by atoms with Crippen LogP contribution < -0.4 is 0 Å². The Bertz CT molecular complexity index is 338. The fourth-order valence-electron chi connectivity index (χ4n) is 1.31. The molecule has 0 radical (unpaired) electrons. The second-order valence-corrected chi connectivity index (χ2v) is 3.10. The minimum atomic E-state index is -0.00407. The summed E-state index contributed by atoms with van der Waals surface area (Å²) < 4.78 is 0. The maximum Gasteiger partial charge on any atom is 0.259 e. The Morgan fingerprint density at radius 3 is 2.42 bits per heavy atom. The summed E-state index contributed by atoms with van der Waals surface area (Å²) in [6.07, 6.45) is 0. The van der Waals surface area contributed by atoms with Gasteiger partial charge in [0.05, 0.1) is 5.56 Å². The second kappa shape index (κ2) is 2.38. The van der Waals surface area contributed by atoms with Crippen molar-refractivity contribution < 1.29 is 4.79 Å². The van der Waals surface area contributed by atoms with Crippen LogP contribution in [-0.2, 0) is 0 Å². The van der Waals surface area contributed by atoms with Gasteiger partial charge in [0.25, 0.3) is 5.91 Å². The lowest BCUT2D eigenvalue weighted by Gasteiger charge is -2.05. The van der Waals surface area contributed by atoms with Crippen molar-refractivity contribution in [2.45, 2.75) is 0 Å². The van der Waals surface area contributed by atoms with Crippen molar-refractivity contribution >= 4 is 23.1 Å². The van der Waals surface area contributed by atoms with Crippen molar-refractivity contribution in [3.05, 3.63) is 35.4 Å². The van der Waals surface area contributed by atoms with Crippen LogP contribution in [-0.4, -0.2) is 22.8 Å². The molecule has 1 aliphatic heterocycles. The van der Waals surface area contributed by atoms with Crippen LogP contribution in [0, 0.1) is 0 Å². The highest BCUT2D eigenvalue weighted by atomic mass is 32.1. The quantitative estimate of drug-likeness (QED) is 0.559. The fraction of sp³-hybridized carbons (Fsp3) is 0.111. The monoisotopic (exact) mass is 177 g/mol. The highest BCUT2D eigenvalue weighted by Crippen LogP contribution is 2.21. The van der Waals surface area contributed by atoms with Gasteiger partial charge in [-0.2, -0.15) is 0 Å². The Balaban J connectivity index is 2.67. The normalized spacial score (nSPS) is 15.2. The molecular formula is C9H7NOS. The van der Waals surface area contributed by atoms with E-state index in [1.807, 2.05) is 18.2 Å². The first kappa shape index (κ1) is 7.43. The fourth-order valence-corrected chi connectivity index (χ4v) is 1.57. The molecule has 1 aromatic carbocycles. The van der Waals surface area contributed by atoms with Crippen LogP contribution in [0.15, 0.2) is 24.3 Å². The number of hydrogen-bond acceptors (Lipinski definition) is 2. The van der Waals surface area contributed by atoms with Crippen LogP contribution in [0.4, 0.5) is 0 Å². The molecular weight excluding hydrogens is 170 g/mol. The molecule has 0 aromatic heterocycles. The molecule has 2 nitrogen and oxygen atoms in total. The zero-order chi connectivity index (χ0) is 8.72. The third-order valence-electron chi connectivity index (χ3n) is 2.00. The molecule has 12 heavy (non-hydrogen) atoms. The number of benzene rings is 1. The molecule has 0 spiro atoms. The first-order valence-corrected chi connectivity index (χ1v) is 4.04. The van der Waals surface area contributed by atoms with E-state index in [0.29, 0.717) is 10.6 Å². The highest BCUT2D eigenvalue weighted by Gasteiger charge is 2.28. The summed E-state index contributed by atoms with van der Waals surface area (Å²) in [6.45, 7) is 0. The Morgan fingerprint density at radius 1 is 1.25 bits per heavy atom. The molecule has 0 atom stereocenters. The van der Waals surface area contributed by atoms with Crippen LogP contribution in [0.25, 0.3) is 0 Å². The van der Waals surface area contributed by atoms with Gasteiger partial charge in [-0.1, -0.05) is 30.4 Å². The Labute approximate surface area is 75.8 Å². The van der Waals surface area contributed by atoms with Gasteiger partial charge >= 0.3 is 0 Å². The molecule has 0 aliphatic carbocycles. The van der Waals surface area contributed by atoms with Gasteiger partial charge in [0.15, 0.2) is 0 Å². The third-order valence-corrected chi connectivity index (χ3v) is 2.49. The maximum atomic E-state index is 11.4. The number of nitrogens with zero attached hydrogens (tertiary/aromatic N) is 1. The van der Waals surface area contributed by atoms with E-state index >= 15 is 0 Å². The van der Waals surface area contributed by atoms with E-state index in [2.05, 4.69) is 0 Å². The smallest absolute Gasteiger partial charge is 0.259 e. The molecule has 1 heterocycles. The van der Waals surface area contributed by atoms with Gasteiger partial charge in [0.2, 0.25) is 0 Å². The average Bonchev–Trinajstić information content (AvgIpc) is 2.33. The molecule has 1 aromatic rings. The molecule has 60 valence electrons. The minimum absolute atomic E-state index is 0.00407. The topological polar surface area (TPSA) is 20.3 Å². The molecule has 0 saturated carbocycles. The summed E-state index contributed by atoms with van der Waals surface area (Å²) in [5.41, 5.74) is 1.59. The van der Waals surface area contributed by atoms with E-state index in [1.54, 1.807) is 13.1 Å². The predicted octanol–water partition coefficient (Wildman–Crippen LogP) is 1.45. The van der Waals surface area contributed by atoms with Crippen LogP contribution in [0.2, 0.25) is 0 Å². The van der Waals surface area contributed by atoms with Gasteiger partial charge in [-0.25, -0.2) is 0 Å². The van der Waals surface area contributed by atoms with Gasteiger partial charge in [0.1, 0.15) is 4.99 Å². The lowest BCUT2D eigenvalue weighted by Crippen LogP contribution is -2.23. The van der Waals surface area contributed by atoms with Crippen molar-refractivity contribution in [1.82, 2.24) is 4.90 Å². The van der Waals surface area contributed by atoms with Crippen molar-refractivity contribution in [2.24, 2.45) is 0 Å². The molecule has 0 saturated heterocycles. The number of carbonyl (C=O) groups is 1. The molecule has 0 fully saturated rings. The molecule has 2 rings (SSSR count). The van der Waals surface area contributed by atoms with E-state index in [4.69, 9.17) is 12.2 Å². The highest BCUT2D eigenvalue weighted by molar-refractivity contribution is 7.80. The SMILES string of the molecule is CN1C(=O)c2ccccc2C1=S. The van der Waals surface area contributed by atoms with Crippen LogP contribution >= 0.6 is 12.2 Å². The van der Waals surface area contributed by atoms with Gasteiger partial charge in [0, 0.05) is 12.6 Å². The zero-order valence-electron chi connectivity index (χ0n) is 6.57. The number of thiocarbonyl (C=S) groups is 1. The first-order chi connectivity index (χ1) is 5.72. The standard InChI is InChI=1S/C9H7NOS/c1-10-8(11)6-4-2-3-5-7(6)9(10)12/h2-5H,1H3. The molecule has 1 aliphatic rings. The molecule has 0 N–H and O–H groups in total. The number of rotatable bonds is 0. The Morgan fingerprint density at radius 2 is 1.83 bits per heavy atom. The summed E-state index contributed by atoms with van der Waals surface area (Å²) in [5, 5.41) is 0. The number of carbonyl (C=O) groups excluding carboxylic acids is 1. The first-order valence-electron chi connectivity index (χ1n) is 3.63. The van der Waals surface area contributed by atoms with Crippen molar-refractivity contribution in [1.29, 1.82) is 0 Å². The third kappa shape index (κ3) is 0.800. The van der Waals surface area contributed by atoms with Gasteiger partial charge in [-0.05, 0) is 6.07 Å². The Kier molecular flexibility index (Phi) is 1.48. The Hall–Kier alpha value is -1.22. The summed E-state index contributed by atoms with van der Waals surface area (Å²) in [5.74, 6) is -0.00407. The lowest BCUT2D eigenvalue weighted by molar-refractivity contribution is 0.0884. The molecule has 3 heteroatoms. The zero-order valence-corrected chi connectivity index (χ0v) is 7.39. The van der Waals surface area contributed by atoms with E-state index in [-0.39, 0.29) is 5.91 Å². The van der Waals surface area contributed by atoms with Crippen LogP contribution in [0.5, 0.6) is 0 Å². The molecule has 1 amide bonds. The van der Waals surface area contributed by atoms with Crippen molar-refractivity contribution in [3.8, 4) is 0 Å². The van der Waals surface area contributed by atoms with Crippen LogP contribution in [0.1, 0.15) is 15.9 Å². The van der Waals surface area contributed by atoms with E-state index in [9.17, 15) is 4.79 Å². The lowest BCUT2D eigenvalue weighted by atomic mass is 10.1. The van der Waals surface area contributed by atoms with E-state index in [1.165, 1.54) is 4.90 Å². The largest absolute Gasteiger partial charge is 0.302 e. The predicted molar refractivity (Wildman–Crippen MR) is 50.2 cm³/mol. The maximum absolute atomic E-state index is 11.4. The van der Waals surface area contributed by atoms with E-state index < -0.39 is 0 Å². The number of hydrogen-bond donors (Lipinski definition) is 0. The van der Waals surface area contributed by atoms with Gasteiger partial charge in [-0.3, -0.25) is 4.79 Å². The second-order valence-electron chi connectivity index (χ2n) is 2.71. The number of amides is 1. The minimum Gasteiger partial charge on any atom is -0.302 e. The number of fused-ring (bicyclic) bond motifs is 1. The van der Waals surface area contributed by atoms with Crippen molar-refractivity contribution in [2.75, 3.05) is 7.05 Å². The molecule has 0 unspecified atom stereocenters. The summed E-state index contributed by atoms with van der Waals surface area (Å²) in [7, 11) is 1.70. The van der Waals surface area contributed by atoms with Gasteiger partial charge in [-0.15, -0.1) is 0 Å². The summed E-state index contributed by atoms with van der Waals surface area (Å²) in [4.78, 5) is 13.6. The summed E-state index contributed by atoms with van der Waals surface area (Å²) in [6, 6.07) is 7.41. The molecule has 0 bridgehead atoms. The van der Waals surface area contributed by atoms with Crippen molar-refractivity contribution in [3.63, 3.8) is 0 Å². The average molecular weight is 177 g/mol. The van der Waals surface area contributed by atoms with Gasteiger partial charge < -0.3 is 4.90 Å². The van der Waals surface area contributed by atoms with Crippen LogP contribution in [0.3, 0.4) is 0 Å². The summed E-state index contributed by atoms with van der Waals surface area (Å²) >= 11 is 5.08.